The number of pyridine rings is 1. The number of aromatic nitrogens is 1. The maximum absolute atomic E-state index is 11.9. The summed E-state index contributed by atoms with van der Waals surface area (Å²) in [4.78, 5) is 27.7. The van der Waals surface area contributed by atoms with Gasteiger partial charge in [-0.2, -0.15) is 0 Å². The fraction of sp³-hybridized carbons (Fsp3) is 0.235. The lowest BCUT2D eigenvalue weighted by molar-refractivity contribution is 0.0942. The van der Waals surface area contributed by atoms with Crippen molar-refractivity contribution in [3.8, 4) is 0 Å². The van der Waals surface area contributed by atoms with Crippen LogP contribution >= 0.6 is 0 Å². The topological polar surface area (TPSA) is 97.1 Å². The molecule has 0 aliphatic rings. The van der Waals surface area contributed by atoms with Gasteiger partial charge in [-0.25, -0.2) is 0 Å². The van der Waals surface area contributed by atoms with Gasteiger partial charge in [0.2, 0.25) is 0 Å². The molecule has 23 heavy (non-hydrogen) atoms. The highest BCUT2D eigenvalue weighted by atomic mass is 16.2. The molecule has 0 bridgehead atoms. The molecule has 6 heteroatoms. The van der Waals surface area contributed by atoms with Crippen molar-refractivity contribution in [3.63, 3.8) is 0 Å². The molecule has 120 valence electrons. The Hall–Kier alpha value is -2.73. The smallest absolute Gasteiger partial charge is 0.251 e. The first kappa shape index (κ1) is 16.6. The number of nitrogens with one attached hydrogen (secondary N) is 2. The van der Waals surface area contributed by atoms with Crippen LogP contribution in [0.25, 0.3) is 0 Å². The lowest BCUT2D eigenvalue weighted by atomic mass is 10.1. The number of amides is 2. The summed E-state index contributed by atoms with van der Waals surface area (Å²) in [6.07, 6.45) is 3.91. The molecule has 4 N–H and O–H groups in total. The van der Waals surface area contributed by atoms with Gasteiger partial charge in [-0.05, 0) is 42.8 Å². The Bertz CT molecular complexity index is 641. The Balaban J connectivity index is 1.85. The van der Waals surface area contributed by atoms with Crippen molar-refractivity contribution in [2.45, 2.75) is 13.0 Å². The zero-order valence-corrected chi connectivity index (χ0v) is 12.8. The maximum atomic E-state index is 11.9. The van der Waals surface area contributed by atoms with Gasteiger partial charge in [0.15, 0.2) is 0 Å². The van der Waals surface area contributed by atoms with Crippen molar-refractivity contribution in [2.24, 2.45) is 5.73 Å². The van der Waals surface area contributed by atoms with E-state index in [1.54, 1.807) is 36.7 Å². The molecule has 2 aromatic rings. The molecule has 0 spiro atoms. The lowest BCUT2D eigenvalue weighted by Crippen LogP contribution is -2.26. The van der Waals surface area contributed by atoms with Crippen LogP contribution in [-0.4, -0.2) is 29.9 Å². The molecule has 2 amide bonds. The first-order valence-corrected chi connectivity index (χ1v) is 7.46. The molecule has 0 aliphatic heterocycles. The van der Waals surface area contributed by atoms with Crippen LogP contribution in [0.1, 0.15) is 32.7 Å². The van der Waals surface area contributed by atoms with E-state index >= 15 is 0 Å². The quantitative estimate of drug-likeness (QED) is 0.667. The molecule has 1 aromatic carbocycles. The number of benzene rings is 1. The van der Waals surface area contributed by atoms with Crippen LogP contribution in [0.4, 0.5) is 0 Å². The largest absolute Gasteiger partial charge is 0.352 e. The van der Waals surface area contributed by atoms with Gasteiger partial charge in [-0.15, -0.1) is 0 Å². The number of carbonyl (C=O) groups is 2. The van der Waals surface area contributed by atoms with E-state index in [1.807, 2.05) is 12.1 Å². The van der Waals surface area contributed by atoms with Crippen molar-refractivity contribution in [3.05, 3.63) is 65.5 Å². The van der Waals surface area contributed by atoms with E-state index in [0.29, 0.717) is 30.8 Å². The minimum Gasteiger partial charge on any atom is -0.352 e. The van der Waals surface area contributed by atoms with Crippen molar-refractivity contribution < 1.29 is 9.59 Å². The molecule has 0 fully saturated rings. The van der Waals surface area contributed by atoms with E-state index in [9.17, 15) is 9.59 Å². The molecular weight excluding hydrogens is 292 g/mol. The number of carbonyl (C=O) groups excluding carboxylic acids is 2. The Morgan fingerprint density at radius 2 is 1.52 bits per heavy atom. The van der Waals surface area contributed by atoms with E-state index in [0.717, 1.165) is 12.0 Å². The second-order valence-corrected chi connectivity index (χ2v) is 5.01. The van der Waals surface area contributed by atoms with Crippen LogP contribution < -0.4 is 16.4 Å². The number of nitrogens with zero attached hydrogens (tertiary/aromatic N) is 1. The number of hydrogen-bond donors (Lipinski definition) is 3. The fourth-order valence-corrected chi connectivity index (χ4v) is 1.97. The first-order chi connectivity index (χ1) is 11.2. The van der Waals surface area contributed by atoms with E-state index in [-0.39, 0.29) is 11.8 Å². The van der Waals surface area contributed by atoms with Gasteiger partial charge in [0, 0.05) is 36.6 Å². The highest BCUT2D eigenvalue weighted by Gasteiger charge is 2.06. The normalized spacial score (nSPS) is 10.1. The van der Waals surface area contributed by atoms with Gasteiger partial charge in [0.1, 0.15) is 0 Å². The number of hydrogen-bond acceptors (Lipinski definition) is 4. The summed E-state index contributed by atoms with van der Waals surface area (Å²) in [5, 5.41) is 5.62. The van der Waals surface area contributed by atoms with Crippen LogP contribution in [-0.2, 0) is 6.54 Å². The van der Waals surface area contributed by atoms with Gasteiger partial charge in [0.25, 0.3) is 11.8 Å². The van der Waals surface area contributed by atoms with Crippen LogP contribution in [0.2, 0.25) is 0 Å². The first-order valence-electron chi connectivity index (χ1n) is 7.46. The summed E-state index contributed by atoms with van der Waals surface area (Å²) in [7, 11) is 0. The molecule has 0 saturated carbocycles. The van der Waals surface area contributed by atoms with E-state index in [1.165, 1.54) is 0 Å². The fourth-order valence-electron chi connectivity index (χ4n) is 1.97. The third-order valence-electron chi connectivity index (χ3n) is 3.28. The Morgan fingerprint density at radius 1 is 0.913 bits per heavy atom. The maximum Gasteiger partial charge on any atom is 0.251 e. The van der Waals surface area contributed by atoms with Crippen LogP contribution in [0.5, 0.6) is 0 Å². The Labute approximate surface area is 135 Å². The van der Waals surface area contributed by atoms with E-state index < -0.39 is 0 Å². The van der Waals surface area contributed by atoms with E-state index in [4.69, 9.17) is 5.73 Å². The van der Waals surface area contributed by atoms with Gasteiger partial charge in [-0.1, -0.05) is 12.1 Å². The molecule has 6 nitrogen and oxygen atoms in total. The zero-order chi connectivity index (χ0) is 16.5. The van der Waals surface area contributed by atoms with Gasteiger partial charge < -0.3 is 16.4 Å². The molecule has 1 aromatic heterocycles. The predicted molar refractivity (Wildman–Crippen MR) is 87.9 cm³/mol. The summed E-state index contributed by atoms with van der Waals surface area (Å²) in [6, 6.07) is 10.4. The van der Waals surface area contributed by atoms with Crippen LogP contribution in [0.3, 0.4) is 0 Å². The molecule has 0 unspecified atom stereocenters. The van der Waals surface area contributed by atoms with Gasteiger partial charge >= 0.3 is 0 Å². The second-order valence-electron chi connectivity index (χ2n) is 5.01. The average Bonchev–Trinajstić information content (AvgIpc) is 2.61. The zero-order valence-electron chi connectivity index (χ0n) is 12.8. The number of nitrogens with two attached hydrogens (primary N) is 1. The van der Waals surface area contributed by atoms with Crippen LogP contribution in [0, 0.1) is 0 Å². The summed E-state index contributed by atoms with van der Waals surface area (Å²) in [6.45, 7) is 1.52. The predicted octanol–water partition coefficient (Wildman–Crippen LogP) is 1.09. The Kier molecular flexibility index (Phi) is 6.26. The highest BCUT2D eigenvalue weighted by molar-refractivity contribution is 5.94. The highest BCUT2D eigenvalue weighted by Crippen LogP contribution is 2.05. The SMILES string of the molecule is NCCCNC(=O)c1ccc(CNC(=O)c2ccncc2)cc1. The monoisotopic (exact) mass is 312 g/mol. The molecule has 0 atom stereocenters. The summed E-state index contributed by atoms with van der Waals surface area (Å²) in [5.41, 5.74) is 7.46. The molecule has 2 rings (SSSR count). The molecular formula is C17H20N4O2. The standard InChI is InChI=1S/C17H20N4O2/c18-8-1-9-20-16(22)14-4-2-13(3-5-14)12-21-17(23)15-6-10-19-11-7-15/h2-7,10-11H,1,8-9,12,18H2,(H,20,22)(H,21,23). The van der Waals surface area contributed by atoms with Gasteiger partial charge in [-0.3, -0.25) is 14.6 Å². The second kappa shape index (κ2) is 8.65. The van der Waals surface area contributed by atoms with Crippen molar-refractivity contribution in [1.82, 2.24) is 15.6 Å². The molecule has 0 radical (unpaired) electrons. The molecule has 0 saturated heterocycles. The van der Waals surface area contributed by atoms with Gasteiger partial charge in [0.05, 0.1) is 0 Å². The Morgan fingerprint density at radius 3 is 2.17 bits per heavy atom. The summed E-state index contributed by atoms with van der Waals surface area (Å²) < 4.78 is 0. The third kappa shape index (κ3) is 5.19. The average molecular weight is 312 g/mol. The summed E-state index contributed by atoms with van der Waals surface area (Å²) >= 11 is 0. The van der Waals surface area contributed by atoms with Crippen molar-refractivity contribution in [2.75, 3.05) is 13.1 Å². The summed E-state index contributed by atoms with van der Waals surface area (Å²) in [5.74, 6) is -0.276. The van der Waals surface area contributed by atoms with Crippen molar-refractivity contribution in [1.29, 1.82) is 0 Å². The third-order valence-corrected chi connectivity index (χ3v) is 3.28. The van der Waals surface area contributed by atoms with E-state index in [2.05, 4.69) is 15.6 Å². The van der Waals surface area contributed by atoms with Crippen LogP contribution in [0.15, 0.2) is 48.8 Å². The molecule has 0 aliphatic carbocycles. The minimum atomic E-state index is -0.156. The molecule has 1 heterocycles. The minimum absolute atomic E-state index is 0.120. The lowest BCUT2D eigenvalue weighted by Gasteiger charge is -2.07. The number of rotatable bonds is 7. The van der Waals surface area contributed by atoms with Crippen molar-refractivity contribution >= 4 is 11.8 Å².